The molecule has 0 saturated carbocycles. The van der Waals surface area contributed by atoms with E-state index in [4.69, 9.17) is 10.5 Å². The first-order chi connectivity index (χ1) is 7.62. The second-order valence-electron chi connectivity index (χ2n) is 3.57. The SMILES string of the molecule is NC1COCCN1S(=O)(=O)c1ccccc1. The van der Waals surface area contributed by atoms with Crippen LogP contribution in [0.4, 0.5) is 0 Å². The molecule has 0 aromatic heterocycles. The van der Waals surface area contributed by atoms with E-state index in [9.17, 15) is 8.42 Å². The highest BCUT2D eigenvalue weighted by Crippen LogP contribution is 2.18. The van der Waals surface area contributed by atoms with E-state index >= 15 is 0 Å². The highest BCUT2D eigenvalue weighted by Gasteiger charge is 2.31. The summed E-state index contributed by atoms with van der Waals surface area (Å²) in [4.78, 5) is 0.271. The van der Waals surface area contributed by atoms with Crippen LogP contribution in [0.2, 0.25) is 0 Å². The van der Waals surface area contributed by atoms with Gasteiger partial charge in [0, 0.05) is 6.54 Å². The topological polar surface area (TPSA) is 72.6 Å². The third kappa shape index (κ3) is 2.10. The monoisotopic (exact) mass is 242 g/mol. The third-order valence-electron chi connectivity index (χ3n) is 2.46. The van der Waals surface area contributed by atoms with Crippen LogP contribution in [0.15, 0.2) is 35.2 Å². The van der Waals surface area contributed by atoms with Crippen LogP contribution in [0.5, 0.6) is 0 Å². The van der Waals surface area contributed by atoms with E-state index < -0.39 is 16.2 Å². The van der Waals surface area contributed by atoms with Gasteiger partial charge in [0.2, 0.25) is 10.0 Å². The molecule has 0 bridgehead atoms. The van der Waals surface area contributed by atoms with Crippen molar-refractivity contribution < 1.29 is 13.2 Å². The number of hydrogen-bond acceptors (Lipinski definition) is 4. The Morgan fingerprint density at radius 3 is 2.62 bits per heavy atom. The first-order valence-corrected chi connectivity index (χ1v) is 6.46. The molecule has 2 rings (SSSR count). The lowest BCUT2D eigenvalue weighted by molar-refractivity contribution is 0.0350. The molecule has 0 amide bonds. The Hall–Kier alpha value is -0.950. The summed E-state index contributed by atoms with van der Waals surface area (Å²) in [7, 11) is -3.48. The number of nitrogens with zero attached hydrogens (tertiary/aromatic N) is 1. The van der Waals surface area contributed by atoms with Gasteiger partial charge in [-0.2, -0.15) is 4.31 Å². The molecule has 0 aliphatic carbocycles. The van der Waals surface area contributed by atoms with Gasteiger partial charge in [-0.1, -0.05) is 18.2 Å². The molecule has 5 nitrogen and oxygen atoms in total. The van der Waals surface area contributed by atoms with E-state index in [2.05, 4.69) is 0 Å². The fourth-order valence-electron chi connectivity index (χ4n) is 1.63. The number of sulfonamides is 1. The van der Waals surface area contributed by atoms with Crippen molar-refractivity contribution in [2.45, 2.75) is 11.1 Å². The zero-order chi connectivity index (χ0) is 11.6. The first kappa shape index (κ1) is 11.5. The molecule has 88 valence electrons. The Balaban J connectivity index is 2.32. The lowest BCUT2D eigenvalue weighted by Crippen LogP contribution is -2.53. The number of hydrogen-bond donors (Lipinski definition) is 1. The summed E-state index contributed by atoms with van der Waals surface area (Å²) < 4.78 is 30.8. The van der Waals surface area contributed by atoms with E-state index in [-0.39, 0.29) is 11.5 Å². The smallest absolute Gasteiger partial charge is 0.244 e. The molecule has 1 heterocycles. The van der Waals surface area contributed by atoms with Gasteiger partial charge in [-0.3, -0.25) is 0 Å². The second kappa shape index (κ2) is 4.50. The van der Waals surface area contributed by atoms with Crippen LogP contribution in [-0.4, -0.2) is 38.6 Å². The minimum atomic E-state index is -3.48. The maximum absolute atomic E-state index is 12.2. The number of rotatable bonds is 2. The molecule has 0 spiro atoms. The highest BCUT2D eigenvalue weighted by atomic mass is 32.2. The molecule has 1 aliphatic rings. The summed E-state index contributed by atoms with van der Waals surface area (Å²) in [5.74, 6) is 0. The van der Waals surface area contributed by atoms with Gasteiger partial charge >= 0.3 is 0 Å². The van der Waals surface area contributed by atoms with E-state index in [0.717, 1.165) is 0 Å². The zero-order valence-electron chi connectivity index (χ0n) is 8.74. The molecule has 0 radical (unpaired) electrons. The molecule has 1 unspecified atom stereocenters. The Morgan fingerprint density at radius 2 is 2.00 bits per heavy atom. The number of benzene rings is 1. The van der Waals surface area contributed by atoms with Crippen molar-refractivity contribution in [2.75, 3.05) is 19.8 Å². The summed E-state index contributed by atoms with van der Waals surface area (Å²) >= 11 is 0. The fourth-order valence-corrected chi connectivity index (χ4v) is 3.14. The summed E-state index contributed by atoms with van der Waals surface area (Å²) in [5.41, 5.74) is 5.72. The quantitative estimate of drug-likeness (QED) is 0.792. The fraction of sp³-hybridized carbons (Fsp3) is 0.400. The van der Waals surface area contributed by atoms with Gasteiger partial charge < -0.3 is 10.5 Å². The van der Waals surface area contributed by atoms with Crippen LogP contribution in [0, 0.1) is 0 Å². The van der Waals surface area contributed by atoms with Crippen molar-refractivity contribution in [1.29, 1.82) is 0 Å². The van der Waals surface area contributed by atoms with E-state index in [1.165, 1.54) is 4.31 Å². The van der Waals surface area contributed by atoms with Crippen molar-refractivity contribution >= 4 is 10.0 Å². The number of nitrogens with two attached hydrogens (primary N) is 1. The maximum Gasteiger partial charge on any atom is 0.244 e. The van der Waals surface area contributed by atoms with E-state index in [1.807, 2.05) is 0 Å². The Kier molecular flexibility index (Phi) is 3.25. The van der Waals surface area contributed by atoms with E-state index in [1.54, 1.807) is 30.3 Å². The maximum atomic E-state index is 12.2. The summed E-state index contributed by atoms with van der Waals surface area (Å²) in [6.45, 7) is 0.935. The second-order valence-corrected chi connectivity index (χ2v) is 5.46. The first-order valence-electron chi connectivity index (χ1n) is 5.02. The molecule has 1 aromatic carbocycles. The van der Waals surface area contributed by atoms with Crippen LogP contribution in [-0.2, 0) is 14.8 Å². The molecule has 1 saturated heterocycles. The van der Waals surface area contributed by atoms with Crippen molar-refractivity contribution in [3.63, 3.8) is 0 Å². The van der Waals surface area contributed by atoms with Gasteiger partial charge in [0.05, 0.1) is 24.3 Å². The minimum Gasteiger partial charge on any atom is -0.377 e. The van der Waals surface area contributed by atoms with Crippen LogP contribution in [0.3, 0.4) is 0 Å². The predicted molar refractivity (Wildman–Crippen MR) is 59.1 cm³/mol. The Morgan fingerprint density at radius 1 is 1.31 bits per heavy atom. The molecule has 1 fully saturated rings. The van der Waals surface area contributed by atoms with Gasteiger partial charge in [-0.15, -0.1) is 0 Å². The molecule has 6 heteroatoms. The average Bonchev–Trinajstić information content (AvgIpc) is 2.30. The normalized spacial score (nSPS) is 23.2. The van der Waals surface area contributed by atoms with Crippen LogP contribution < -0.4 is 5.73 Å². The molecule has 1 aliphatic heterocycles. The zero-order valence-corrected chi connectivity index (χ0v) is 9.56. The van der Waals surface area contributed by atoms with Crippen LogP contribution >= 0.6 is 0 Å². The average molecular weight is 242 g/mol. The van der Waals surface area contributed by atoms with Crippen molar-refractivity contribution in [1.82, 2.24) is 4.31 Å². The van der Waals surface area contributed by atoms with Crippen molar-refractivity contribution in [3.05, 3.63) is 30.3 Å². The van der Waals surface area contributed by atoms with Gasteiger partial charge in [0.15, 0.2) is 0 Å². The highest BCUT2D eigenvalue weighted by molar-refractivity contribution is 7.89. The summed E-state index contributed by atoms with van der Waals surface area (Å²) in [6.07, 6.45) is -0.598. The van der Waals surface area contributed by atoms with Gasteiger partial charge in [-0.25, -0.2) is 8.42 Å². The Labute approximate surface area is 94.9 Å². The lowest BCUT2D eigenvalue weighted by atomic mass is 10.4. The molecule has 1 atom stereocenters. The molecular weight excluding hydrogens is 228 g/mol. The predicted octanol–water partition coefficient (Wildman–Crippen LogP) is -0.00770. The van der Waals surface area contributed by atoms with Crippen LogP contribution in [0.25, 0.3) is 0 Å². The molecule has 1 aromatic rings. The van der Waals surface area contributed by atoms with Crippen molar-refractivity contribution in [2.24, 2.45) is 5.73 Å². The molecule has 2 N–H and O–H groups in total. The number of ether oxygens (including phenoxy) is 1. The van der Waals surface area contributed by atoms with Gasteiger partial charge in [0.25, 0.3) is 0 Å². The Bertz CT molecular complexity index is 446. The third-order valence-corrected chi connectivity index (χ3v) is 4.40. The summed E-state index contributed by atoms with van der Waals surface area (Å²) in [5, 5.41) is 0. The van der Waals surface area contributed by atoms with Crippen molar-refractivity contribution in [3.8, 4) is 0 Å². The summed E-state index contributed by atoms with van der Waals surface area (Å²) in [6, 6.07) is 8.30. The van der Waals surface area contributed by atoms with Gasteiger partial charge in [-0.05, 0) is 12.1 Å². The van der Waals surface area contributed by atoms with Crippen LogP contribution in [0.1, 0.15) is 0 Å². The van der Waals surface area contributed by atoms with Gasteiger partial charge in [0.1, 0.15) is 0 Å². The minimum absolute atomic E-state index is 0.242. The standard InChI is InChI=1S/C10H14N2O3S/c11-10-8-15-7-6-12(10)16(13,14)9-4-2-1-3-5-9/h1-5,10H,6-8,11H2. The largest absolute Gasteiger partial charge is 0.377 e. The molecular formula is C10H14N2O3S. The molecule has 16 heavy (non-hydrogen) atoms. The van der Waals surface area contributed by atoms with E-state index in [0.29, 0.717) is 13.2 Å². The lowest BCUT2D eigenvalue weighted by Gasteiger charge is -2.31. The number of morpholine rings is 1.